The van der Waals surface area contributed by atoms with Crippen LogP contribution in [0.4, 0.5) is 0 Å². The van der Waals surface area contributed by atoms with Crippen molar-refractivity contribution in [3.05, 3.63) is 71.7 Å². The third-order valence-corrected chi connectivity index (χ3v) is 5.43. The first-order valence-electron chi connectivity index (χ1n) is 9.99. The summed E-state index contributed by atoms with van der Waals surface area (Å²) in [6, 6.07) is 17.8. The normalized spacial score (nSPS) is 17.9. The van der Waals surface area contributed by atoms with Gasteiger partial charge in [-0.1, -0.05) is 18.2 Å². The average molecular weight is 361 g/mol. The minimum Gasteiger partial charge on any atom is -0.317 e. The van der Waals surface area contributed by atoms with Crippen molar-refractivity contribution in [2.45, 2.75) is 45.3 Å². The van der Waals surface area contributed by atoms with Crippen LogP contribution in [-0.4, -0.2) is 34.0 Å². The van der Waals surface area contributed by atoms with E-state index in [2.05, 4.69) is 62.6 Å². The molecule has 1 fully saturated rings. The molecule has 4 rings (SSSR count). The number of benzene rings is 1. The number of fused-ring (bicyclic) bond motifs is 1. The van der Waals surface area contributed by atoms with Gasteiger partial charge in [-0.05, 0) is 75.2 Å². The summed E-state index contributed by atoms with van der Waals surface area (Å²) in [6.45, 7) is 6.13. The summed E-state index contributed by atoms with van der Waals surface area (Å²) in [7, 11) is 0. The molecule has 0 radical (unpaired) electrons. The Morgan fingerprint density at radius 2 is 2.00 bits per heavy atom. The zero-order valence-corrected chi connectivity index (χ0v) is 16.1. The van der Waals surface area contributed by atoms with Crippen LogP contribution in [0.5, 0.6) is 0 Å². The first-order valence-corrected chi connectivity index (χ1v) is 9.99. The lowest BCUT2D eigenvalue weighted by molar-refractivity contribution is 0.162. The number of hydrogen-bond acceptors (Lipinski definition) is 4. The van der Waals surface area contributed by atoms with E-state index >= 15 is 0 Å². The number of rotatable bonds is 5. The van der Waals surface area contributed by atoms with Crippen LogP contribution in [0.1, 0.15) is 36.2 Å². The Labute approximate surface area is 161 Å². The Bertz CT molecular complexity index is 870. The maximum atomic E-state index is 4.63. The van der Waals surface area contributed by atoms with Gasteiger partial charge in [0.05, 0.1) is 11.2 Å². The van der Waals surface area contributed by atoms with Gasteiger partial charge in [-0.2, -0.15) is 0 Å². The minimum atomic E-state index is 0.592. The molecule has 0 aliphatic carbocycles. The Morgan fingerprint density at radius 3 is 2.89 bits per heavy atom. The van der Waals surface area contributed by atoms with Crippen LogP contribution < -0.4 is 5.32 Å². The van der Waals surface area contributed by atoms with Gasteiger partial charge in [0.1, 0.15) is 0 Å². The molecule has 0 saturated carbocycles. The minimum absolute atomic E-state index is 0.592. The zero-order chi connectivity index (χ0) is 18.5. The van der Waals surface area contributed by atoms with Gasteiger partial charge < -0.3 is 5.32 Å². The molecule has 1 saturated heterocycles. The molecule has 1 aliphatic rings. The molecule has 4 nitrogen and oxygen atoms in total. The van der Waals surface area contributed by atoms with Gasteiger partial charge >= 0.3 is 0 Å². The Morgan fingerprint density at radius 1 is 1.04 bits per heavy atom. The number of aromatic nitrogens is 2. The van der Waals surface area contributed by atoms with E-state index in [9.17, 15) is 0 Å². The first-order chi connectivity index (χ1) is 13.3. The van der Waals surface area contributed by atoms with Crippen molar-refractivity contribution in [1.82, 2.24) is 20.2 Å². The Hall–Kier alpha value is -2.30. The highest BCUT2D eigenvalue weighted by molar-refractivity contribution is 5.79. The van der Waals surface area contributed by atoms with Gasteiger partial charge in [0.2, 0.25) is 0 Å². The van der Waals surface area contributed by atoms with E-state index in [0.717, 1.165) is 43.1 Å². The second kappa shape index (κ2) is 8.59. The molecule has 1 aliphatic heterocycles. The third-order valence-electron chi connectivity index (χ3n) is 5.43. The lowest BCUT2D eigenvalue weighted by Crippen LogP contribution is -2.35. The number of aryl methyl sites for hydroxylation is 1. The van der Waals surface area contributed by atoms with Crippen molar-refractivity contribution in [2.75, 3.05) is 13.1 Å². The zero-order valence-electron chi connectivity index (χ0n) is 16.1. The largest absolute Gasteiger partial charge is 0.317 e. The van der Waals surface area contributed by atoms with Crippen LogP contribution in [0, 0.1) is 6.92 Å². The standard InChI is InChI=1S/C23H28N4/c1-18-7-9-20-15-19(8-10-23(20)26-18)16-27(17-21-5-2-3-13-25-21)22-6-4-12-24-14-11-22/h2-3,5,7-10,13,15,22,24H,4,6,11-12,14,16-17H2,1H3. The van der Waals surface area contributed by atoms with Crippen LogP contribution in [0.15, 0.2) is 54.7 Å². The number of nitrogens with one attached hydrogen (secondary N) is 1. The number of pyridine rings is 2. The highest BCUT2D eigenvalue weighted by atomic mass is 15.2. The third kappa shape index (κ3) is 4.71. The fourth-order valence-corrected chi connectivity index (χ4v) is 3.99. The van der Waals surface area contributed by atoms with Crippen LogP contribution in [0.2, 0.25) is 0 Å². The summed E-state index contributed by atoms with van der Waals surface area (Å²) in [4.78, 5) is 11.8. The van der Waals surface area contributed by atoms with E-state index < -0.39 is 0 Å². The predicted molar refractivity (Wildman–Crippen MR) is 110 cm³/mol. The van der Waals surface area contributed by atoms with Crippen molar-refractivity contribution in [3.63, 3.8) is 0 Å². The lowest BCUT2D eigenvalue weighted by atomic mass is 10.0. The summed E-state index contributed by atoms with van der Waals surface area (Å²) in [5.74, 6) is 0. The topological polar surface area (TPSA) is 41.1 Å². The molecule has 3 aromatic rings. The van der Waals surface area contributed by atoms with Gasteiger partial charge in [-0.25, -0.2) is 0 Å². The molecular weight excluding hydrogens is 332 g/mol. The Balaban J connectivity index is 1.58. The maximum Gasteiger partial charge on any atom is 0.0705 e. The van der Waals surface area contributed by atoms with Gasteiger partial charge in [0.25, 0.3) is 0 Å². The van der Waals surface area contributed by atoms with Crippen molar-refractivity contribution < 1.29 is 0 Å². The van der Waals surface area contributed by atoms with Gasteiger partial charge in [0, 0.05) is 36.4 Å². The van der Waals surface area contributed by atoms with Gasteiger partial charge in [0.15, 0.2) is 0 Å². The molecule has 0 bridgehead atoms. The van der Waals surface area contributed by atoms with Crippen LogP contribution >= 0.6 is 0 Å². The van der Waals surface area contributed by atoms with Crippen molar-refractivity contribution in [1.29, 1.82) is 0 Å². The average Bonchev–Trinajstić information content (AvgIpc) is 2.98. The maximum absolute atomic E-state index is 4.63. The summed E-state index contributed by atoms with van der Waals surface area (Å²) in [5.41, 5.74) is 4.64. The molecule has 27 heavy (non-hydrogen) atoms. The molecule has 140 valence electrons. The monoisotopic (exact) mass is 360 g/mol. The molecule has 1 unspecified atom stereocenters. The van der Waals surface area contributed by atoms with Gasteiger partial charge in [-0.3, -0.25) is 14.9 Å². The summed E-state index contributed by atoms with van der Waals surface area (Å²) in [5, 5.41) is 4.76. The predicted octanol–water partition coefficient (Wildman–Crippen LogP) is 4.08. The SMILES string of the molecule is Cc1ccc2cc(CN(Cc3ccccn3)C3CCCNCC3)ccc2n1. The quantitative estimate of drug-likeness (QED) is 0.744. The van der Waals surface area contributed by atoms with Gasteiger partial charge in [-0.15, -0.1) is 0 Å². The fourth-order valence-electron chi connectivity index (χ4n) is 3.99. The fraction of sp³-hybridized carbons (Fsp3) is 0.391. The van der Waals surface area contributed by atoms with Crippen LogP contribution in [0.25, 0.3) is 10.9 Å². The van der Waals surface area contributed by atoms with E-state index in [1.807, 2.05) is 19.2 Å². The lowest BCUT2D eigenvalue weighted by Gasteiger charge is -2.31. The molecule has 4 heteroatoms. The summed E-state index contributed by atoms with van der Waals surface area (Å²) < 4.78 is 0. The van der Waals surface area contributed by atoms with E-state index in [0.29, 0.717) is 6.04 Å². The van der Waals surface area contributed by atoms with E-state index in [1.165, 1.54) is 30.2 Å². The summed E-state index contributed by atoms with van der Waals surface area (Å²) in [6.07, 6.45) is 5.58. The first kappa shape index (κ1) is 18.1. The van der Waals surface area contributed by atoms with Crippen LogP contribution in [0.3, 0.4) is 0 Å². The second-order valence-electron chi connectivity index (χ2n) is 7.54. The molecule has 1 N–H and O–H groups in total. The number of nitrogens with zero attached hydrogens (tertiary/aromatic N) is 3. The van der Waals surface area contributed by atoms with E-state index in [4.69, 9.17) is 0 Å². The Kier molecular flexibility index (Phi) is 5.75. The van der Waals surface area contributed by atoms with Crippen molar-refractivity contribution in [3.8, 4) is 0 Å². The molecule has 1 atom stereocenters. The smallest absolute Gasteiger partial charge is 0.0705 e. The van der Waals surface area contributed by atoms with E-state index in [1.54, 1.807) is 0 Å². The van der Waals surface area contributed by atoms with Crippen LogP contribution in [-0.2, 0) is 13.1 Å². The molecule has 3 heterocycles. The highest BCUT2D eigenvalue weighted by Crippen LogP contribution is 2.21. The van der Waals surface area contributed by atoms with E-state index in [-0.39, 0.29) is 0 Å². The van der Waals surface area contributed by atoms with Crippen molar-refractivity contribution >= 4 is 10.9 Å². The van der Waals surface area contributed by atoms with Crippen molar-refractivity contribution in [2.24, 2.45) is 0 Å². The number of hydrogen-bond donors (Lipinski definition) is 1. The second-order valence-corrected chi connectivity index (χ2v) is 7.54. The molecule has 0 spiro atoms. The molecule has 1 aromatic carbocycles. The summed E-state index contributed by atoms with van der Waals surface area (Å²) >= 11 is 0. The molecule has 2 aromatic heterocycles. The molecule has 0 amide bonds. The molecular formula is C23H28N4. The highest BCUT2D eigenvalue weighted by Gasteiger charge is 2.21.